The lowest BCUT2D eigenvalue weighted by atomic mass is 9.91. The van der Waals surface area contributed by atoms with Crippen LogP contribution in [-0.2, 0) is 0 Å². The Morgan fingerprint density at radius 3 is 2.65 bits per heavy atom. The summed E-state index contributed by atoms with van der Waals surface area (Å²) >= 11 is 5.96. The topological polar surface area (TPSA) is 83.7 Å². The predicted molar refractivity (Wildman–Crippen MR) is 73.9 cm³/mol. The van der Waals surface area contributed by atoms with E-state index in [2.05, 4.69) is 0 Å². The maximum atomic E-state index is 12.4. The first-order valence-corrected chi connectivity index (χ1v) is 6.78. The van der Waals surface area contributed by atoms with Gasteiger partial charge < -0.3 is 10.0 Å². The van der Waals surface area contributed by atoms with Gasteiger partial charge in [0.25, 0.3) is 11.6 Å². The van der Waals surface area contributed by atoms with Crippen LogP contribution in [0.1, 0.15) is 29.6 Å². The highest BCUT2D eigenvalue weighted by Gasteiger charge is 2.30. The van der Waals surface area contributed by atoms with Crippen molar-refractivity contribution in [3.05, 3.63) is 38.9 Å². The fourth-order valence-electron chi connectivity index (χ4n) is 2.20. The number of hydrogen-bond acceptors (Lipinski definition) is 4. The maximum absolute atomic E-state index is 12.4. The first kappa shape index (κ1) is 14.7. The Kier molecular flexibility index (Phi) is 4.57. The van der Waals surface area contributed by atoms with E-state index in [1.165, 1.54) is 18.2 Å². The summed E-state index contributed by atoms with van der Waals surface area (Å²) in [6, 6.07) is 3.93. The molecule has 1 fully saturated rings. The highest BCUT2D eigenvalue weighted by atomic mass is 35.5. The van der Waals surface area contributed by atoms with Gasteiger partial charge in [0.15, 0.2) is 0 Å². The van der Waals surface area contributed by atoms with E-state index in [1.807, 2.05) is 0 Å². The second-order valence-corrected chi connectivity index (χ2v) is 5.14. The normalized spacial score (nSPS) is 14.7. The number of nitro benzene ring substituents is 1. The highest BCUT2D eigenvalue weighted by Crippen LogP contribution is 2.29. The van der Waals surface area contributed by atoms with Crippen LogP contribution < -0.4 is 0 Å². The summed E-state index contributed by atoms with van der Waals surface area (Å²) in [7, 11) is 0. The Balaban J connectivity index is 2.24. The molecule has 1 saturated carbocycles. The van der Waals surface area contributed by atoms with E-state index in [9.17, 15) is 14.9 Å². The zero-order valence-electron chi connectivity index (χ0n) is 10.8. The van der Waals surface area contributed by atoms with E-state index in [0.29, 0.717) is 0 Å². The number of benzene rings is 1. The summed E-state index contributed by atoms with van der Waals surface area (Å²) in [6.07, 6.45) is 2.89. The van der Waals surface area contributed by atoms with E-state index >= 15 is 0 Å². The predicted octanol–water partition coefficient (Wildman–Crippen LogP) is 2.24. The van der Waals surface area contributed by atoms with Crippen molar-refractivity contribution in [1.29, 1.82) is 0 Å². The molecular weight excluding hydrogens is 284 g/mol. The number of rotatable bonds is 5. The summed E-state index contributed by atoms with van der Waals surface area (Å²) in [6.45, 7) is 0.129. The number of nitrogens with zero attached hydrogens (tertiary/aromatic N) is 2. The zero-order chi connectivity index (χ0) is 14.7. The molecule has 1 aromatic carbocycles. The molecule has 108 valence electrons. The summed E-state index contributed by atoms with van der Waals surface area (Å²) in [5, 5.41) is 19.8. The van der Waals surface area contributed by atoms with E-state index in [0.717, 1.165) is 19.3 Å². The summed E-state index contributed by atoms with van der Waals surface area (Å²) in [4.78, 5) is 24.1. The van der Waals surface area contributed by atoms with Gasteiger partial charge >= 0.3 is 0 Å². The van der Waals surface area contributed by atoms with Gasteiger partial charge in [0, 0.05) is 24.7 Å². The van der Waals surface area contributed by atoms with Crippen LogP contribution in [0.15, 0.2) is 18.2 Å². The zero-order valence-corrected chi connectivity index (χ0v) is 11.5. The van der Waals surface area contributed by atoms with Gasteiger partial charge in [-0.3, -0.25) is 14.9 Å². The summed E-state index contributed by atoms with van der Waals surface area (Å²) < 4.78 is 0. The quantitative estimate of drug-likeness (QED) is 0.667. The van der Waals surface area contributed by atoms with Crippen molar-refractivity contribution in [3.63, 3.8) is 0 Å². The molecule has 20 heavy (non-hydrogen) atoms. The van der Waals surface area contributed by atoms with Crippen LogP contribution in [0.25, 0.3) is 0 Å². The van der Waals surface area contributed by atoms with Crippen molar-refractivity contribution in [2.75, 3.05) is 13.2 Å². The van der Waals surface area contributed by atoms with Gasteiger partial charge in [0.05, 0.1) is 22.1 Å². The standard InChI is InChI=1S/C13H15ClN2O4/c14-12-8-10(16(19)20)4-5-11(12)13(18)15(6-7-17)9-2-1-3-9/h4-5,8-9,17H,1-3,6-7H2. The molecule has 0 heterocycles. The smallest absolute Gasteiger partial charge is 0.270 e. The molecule has 7 heteroatoms. The minimum absolute atomic E-state index is 0.0615. The van der Waals surface area contributed by atoms with Gasteiger partial charge in [0.1, 0.15) is 0 Å². The van der Waals surface area contributed by atoms with E-state index in [4.69, 9.17) is 16.7 Å². The van der Waals surface area contributed by atoms with Crippen LogP contribution in [0, 0.1) is 10.1 Å². The Morgan fingerprint density at radius 2 is 2.20 bits per heavy atom. The van der Waals surface area contributed by atoms with Gasteiger partial charge in [0.2, 0.25) is 0 Å². The minimum Gasteiger partial charge on any atom is -0.395 e. The Bertz CT molecular complexity index is 531. The van der Waals surface area contributed by atoms with Gasteiger partial charge in [-0.1, -0.05) is 11.6 Å². The molecular formula is C13H15ClN2O4. The van der Waals surface area contributed by atoms with Crippen LogP contribution in [0.3, 0.4) is 0 Å². The number of non-ortho nitro benzene ring substituents is 1. The average molecular weight is 299 g/mol. The Hall–Kier alpha value is -1.66. The molecule has 1 aliphatic carbocycles. The third kappa shape index (κ3) is 2.91. The number of amides is 1. The lowest BCUT2D eigenvalue weighted by molar-refractivity contribution is -0.384. The first-order valence-electron chi connectivity index (χ1n) is 6.40. The minimum atomic E-state index is -0.558. The van der Waals surface area contributed by atoms with Crippen molar-refractivity contribution in [1.82, 2.24) is 4.90 Å². The third-order valence-corrected chi connectivity index (χ3v) is 3.82. The largest absolute Gasteiger partial charge is 0.395 e. The number of aliphatic hydroxyl groups excluding tert-OH is 1. The fourth-order valence-corrected chi connectivity index (χ4v) is 2.46. The van der Waals surface area contributed by atoms with E-state index in [-0.39, 0.29) is 41.4 Å². The monoisotopic (exact) mass is 298 g/mol. The molecule has 1 aromatic rings. The van der Waals surface area contributed by atoms with Crippen LogP contribution in [0.4, 0.5) is 5.69 Å². The molecule has 0 saturated heterocycles. The average Bonchev–Trinajstić information content (AvgIpc) is 2.35. The molecule has 0 atom stereocenters. The second-order valence-electron chi connectivity index (χ2n) is 4.73. The van der Waals surface area contributed by atoms with Gasteiger partial charge in [-0.2, -0.15) is 0 Å². The Labute approximate surface area is 121 Å². The molecule has 6 nitrogen and oxygen atoms in total. The number of hydrogen-bond donors (Lipinski definition) is 1. The third-order valence-electron chi connectivity index (χ3n) is 3.51. The van der Waals surface area contributed by atoms with Crippen molar-refractivity contribution >= 4 is 23.2 Å². The highest BCUT2D eigenvalue weighted by molar-refractivity contribution is 6.34. The number of carbonyl (C=O) groups excluding carboxylic acids is 1. The van der Waals surface area contributed by atoms with Crippen molar-refractivity contribution < 1.29 is 14.8 Å². The molecule has 0 bridgehead atoms. The van der Waals surface area contributed by atoms with Crippen LogP contribution >= 0.6 is 11.6 Å². The second kappa shape index (κ2) is 6.19. The lowest BCUT2D eigenvalue weighted by Crippen LogP contribution is -2.45. The van der Waals surface area contributed by atoms with Crippen LogP contribution in [0.2, 0.25) is 5.02 Å². The number of carbonyl (C=O) groups is 1. The number of aliphatic hydroxyl groups is 1. The van der Waals surface area contributed by atoms with Crippen LogP contribution in [-0.4, -0.2) is 40.0 Å². The SMILES string of the molecule is O=C(c1ccc([N+](=O)[O-])cc1Cl)N(CCO)C1CCC1. The molecule has 0 aromatic heterocycles. The molecule has 1 aliphatic rings. The van der Waals surface area contributed by atoms with Gasteiger partial charge in [-0.25, -0.2) is 0 Å². The van der Waals surface area contributed by atoms with E-state index < -0.39 is 4.92 Å². The molecule has 2 rings (SSSR count). The molecule has 0 radical (unpaired) electrons. The maximum Gasteiger partial charge on any atom is 0.270 e. The van der Waals surface area contributed by atoms with Crippen molar-refractivity contribution in [3.8, 4) is 0 Å². The molecule has 0 spiro atoms. The van der Waals surface area contributed by atoms with Gasteiger partial charge in [-0.05, 0) is 25.3 Å². The summed E-state index contributed by atoms with van der Waals surface area (Å²) in [5.41, 5.74) is 0.0847. The molecule has 0 aliphatic heterocycles. The van der Waals surface area contributed by atoms with Crippen molar-refractivity contribution in [2.45, 2.75) is 25.3 Å². The van der Waals surface area contributed by atoms with E-state index in [1.54, 1.807) is 4.90 Å². The van der Waals surface area contributed by atoms with Crippen molar-refractivity contribution in [2.24, 2.45) is 0 Å². The molecule has 1 N–H and O–H groups in total. The summed E-state index contributed by atoms with van der Waals surface area (Å²) in [5.74, 6) is -0.288. The Morgan fingerprint density at radius 1 is 1.50 bits per heavy atom. The van der Waals surface area contributed by atoms with Gasteiger partial charge in [-0.15, -0.1) is 0 Å². The first-order chi connectivity index (χ1) is 9.54. The molecule has 0 unspecified atom stereocenters. The van der Waals surface area contributed by atoms with Crippen LogP contribution in [0.5, 0.6) is 0 Å². The lowest BCUT2D eigenvalue weighted by Gasteiger charge is -2.37. The number of halogens is 1. The fraction of sp³-hybridized carbons (Fsp3) is 0.462. The number of nitro groups is 1. The molecule has 1 amide bonds.